The molecule has 4 rings (SSSR count). The van der Waals surface area contributed by atoms with Crippen molar-refractivity contribution in [1.29, 1.82) is 0 Å². The Kier molecular flexibility index (Phi) is 5.93. The van der Waals surface area contributed by atoms with Gasteiger partial charge in [0.25, 0.3) is 15.9 Å². The van der Waals surface area contributed by atoms with Crippen LogP contribution in [0.25, 0.3) is 10.2 Å². The monoisotopic (exact) mass is 483 g/mol. The van der Waals surface area contributed by atoms with E-state index in [1.807, 2.05) is 11.6 Å². The molecule has 10 heteroatoms. The topological polar surface area (TPSA) is 71.7 Å². The molecule has 160 valence electrons. The third kappa shape index (κ3) is 4.01. The van der Waals surface area contributed by atoms with Crippen molar-refractivity contribution in [2.45, 2.75) is 30.9 Å². The zero-order valence-corrected chi connectivity index (χ0v) is 20.1. The molecule has 1 amide bonds. The van der Waals surface area contributed by atoms with Gasteiger partial charge in [0, 0.05) is 20.1 Å². The standard InChI is InChI=1S/C20H22ClN3O3S3/c1-12-9-15-16(10-13(12)2)28-20(23(15)3)22-19(25)14-5-4-8-24(11-14)30(26,27)18-7-6-17(21)29-18/h6-7,9-10,14H,4-5,8,11H2,1-3H3. The Labute approximate surface area is 188 Å². The van der Waals surface area contributed by atoms with Gasteiger partial charge in [-0.2, -0.15) is 9.30 Å². The van der Waals surface area contributed by atoms with Crippen molar-refractivity contribution in [2.75, 3.05) is 13.1 Å². The minimum atomic E-state index is -3.65. The third-order valence-electron chi connectivity index (χ3n) is 5.51. The van der Waals surface area contributed by atoms with E-state index in [1.165, 1.54) is 32.8 Å². The number of thiazole rings is 1. The lowest BCUT2D eigenvalue weighted by molar-refractivity contribution is -0.122. The molecule has 1 aliphatic rings. The Bertz CT molecular complexity index is 1300. The van der Waals surface area contributed by atoms with E-state index in [4.69, 9.17) is 11.6 Å². The fourth-order valence-electron chi connectivity index (χ4n) is 3.60. The van der Waals surface area contributed by atoms with Crippen molar-refractivity contribution in [3.63, 3.8) is 0 Å². The van der Waals surface area contributed by atoms with Crippen LogP contribution in [-0.2, 0) is 21.9 Å². The highest BCUT2D eigenvalue weighted by atomic mass is 35.5. The summed E-state index contributed by atoms with van der Waals surface area (Å²) in [5.74, 6) is -0.715. The van der Waals surface area contributed by atoms with Crippen LogP contribution in [-0.4, -0.2) is 36.3 Å². The second kappa shape index (κ2) is 8.20. The Morgan fingerprint density at radius 1 is 1.20 bits per heavy atom. The van der Waals surface area contributed by atoms with Gasteiger partial charge in [0.15, 0.2) is 4.80 Å². The molecule has 0 aliphatic carbocycles. The molecule has 0 spiro atoms. The number of hydrogen-bond acceptors (Lipinski definition) is 5. The first-order valence-corrected chi connectivity index (χ1v) is 13.0. The number of amides is 1. The van der Waals surface area contributed by atoms with E-state index < -0.39 is 15.9 Å². The molecule has 0 saturated carbocycles. The zero-order valence-electron chi connectivity index (χ0n) is 16.9. The van der Waals surface area contributed by atoms with Gasteiger partial charge in [0.05, 0.1) is 20.5 Å². The Balaban J connectivity index is 1.61. The number of sulfonamides is 1. The van der Waals surface area contributed by atoms with Gasteiger partial charge in [-0.1, -0.05) is 22.9 Å². The summed E-state index contributed by atoms with van der Waals surface area (Å²) < 4.78 is 30.8. The molecular weight excluding hydrogens is 462 g/mol. The molecule has 1 aromatic carbocycles. The maximum atomic E-state index is 12.9. The first-order valence-electron chi connectivity index (χ1n) is 9.57. The maximum absolute atomic E-state index is 12.9. The Hall–Kier alpha value is -1.52. The summed E-state index contributed by atoms with van der Waals surface area (Å²) in [4.78, 5) is 17.9. The van der Waals surface area contributed by atoms with Crippen molar-refractivity contribution in [3.8, 4) is 0 Å². The SMILES string of the molecule is Cc1cc2sc(=NC(=O)C3CCCN(S(=O)(=O)c4ccc(Cl)s4)C3)n(C)c2cc1C. The van der Waals surface area contributed by atoms with Crippen LogP contribution in [0.5, 0.6) is 0 Å². The van der Waals surface area contributed by atoms with Crippen LogP contribution >= 0.6 is 34.3 Å². The summed E-state index contributed by atoms with van der Waals surface area (Å²) in [6, 6.07) is 7.30. The number of halogens is 1. The normalized spacial score (nSPS) is 18.9. The number of hydrogen-bond donors (Lipinski definition) is 0. The van der Waals surface area contributed by atoms with Crippen LogP contribution in [0.4, 0.5) is 0 Å². The highest BCUT2D eigenvalue weighted by Gasteiger charge is 2.34. The fraction of sp³-hybridized carbons (Fsp3) is 0.400. The summed E-state index contributed by atoms with van der Waals surface area (Å²) in [6.07, 6.45) is 1.26. The van der Waals surface area contributed by atoms with Crippen LogP contribution in [0.1, 0.15) is 24.0 Å². The molecule has 30 heavy (non-hydrogen) atoms. The minimum Gasteiger partial charge on any atom is -0.319 e. The average molecular weight is 484 g/mol. The van der Waals surface area contributed by atoms with Gasteiger partial charge in [-0.3, -0.25) is 4.79 Å². The first-order chi connectivity index (χ1) is 14.2. The minimum absolute atomic E-state index is 0.146. The van der Waals surface area contributed by atoms with Gasteiger partial charge >= 0.3 is 0 Å². The van der Waals surface area contributed by atoms with Crippen molar-refractivity contribution >= 4 is 60.4 Å². The predicted octanol–water partition coefficient (Wildman–Crippen LogP) is 4.10. The molecular formula is C20H22ClN3O3S3. The van der Waals surface area contributed by atoms with E-state index in [-0.39, 0.29) is 16.7 Å². The van der Waals surface area contributed by atoms with E-state index in [2.05, 4.69) is 31.0 Å². The number of thiophene rings is 1. The molecule has 3 aromatic rings. The van der Waals surface area contributed by atoms with Gasteiger partial charge in [-0.05, 0) is 62.1 Å². The lowest BCUT2D eigenvalue weighted by atomic mass is 9.99. The van der Waals surface area contributed by atoms with E-state index in [0.717, 1.165) is 21.6 Å². The number of carbonyl (C=O) groups excluding carboxylic acids is 1. The van der Waals surface area contributed by atoms with Crippen LogP contribution in [0.2, 0.25) is 4.34 Å². The fourth-order valence-corrected chi connectivity index (χ4v) is 7.86. The lowest BCUT2D eigenvalue weighted by Crippen LogP contribution is -2.42. The lowest BCUT2D eigenvalue weighted by Gasteiger charge is -2.29. The number of piperidine rings is 1. The molecule has 1 fully saturated rings. The molecule has 1 atom stereocenters. The number of rotatable bonds is 3. The average Bonchev–Trinajstić information content (AvgIpc) is 3.27. The van der Waals surface area contributed by atoms with Gasteiger partial charge < -0.3 is 4.57 Å². The van der Waals surface area contributed by atoms with Crippen LogP contribution in [0, 0.1) is 19.8 Å². The van der Waals surface area contributed by atoms with Gasteiger partial charge in [0.2, 0.25) is 0 Å². The number of carbonyl (C=O) groups is 1. The number of aromatic nitrogens is 1. The summed E-state index contributed by atoms with van der Waals surface area (Å²) in [5.41, 5.74) is 3.43. The number of aryl methyl sites for hydroxylation is 3. The third-order valence-corrected chi connectivity index (χ3v) is 10.2. The predicted molar refractivity (Wildman–Crippen MR) is 122 cm³/mol. The molecule has 0 bridgehead atoms. The molecule has 1 aliphatic heterocycles. The summed E-state index contributed by atoms with van der Waals surface area (Å²) in [6.45, 7) is 4.67. The Morgan fingerprint density at radius 3 is 2.63 bits per heavy atom. The second-order valence-electron chi connectivity index (χ2n) is 7.56. The second-order valence-corrected chi connectivity index (χ2v) is 12.4. The van der Waals surface area contributed by atoms with Crippen LogP contribution < -0.4 is 4.80 Å². The molecule has 0 N–H and O–H groups in total. The van der Waals surface area contributed by atoms with E-state index in [9.17, 15) is 13.2 Å². The van der Waals surface area contributed by atoms with Crippen LogP contribution in [0.3, 0.4) is 0 Å². The van der Waals surface area contributed by atoms with Crippen molar-refractivity contribution < 1.29 is 13.2 Å². The molecule has 0 radical (unpaired) electrons. The molecule has 1 saturated heterocycles. The number of nitrogens with zero attached hydrogens (tertiary/aromatic N) is 3. The van der Waals surface area contributed by atoms with Gasteiger partial charge in [-0.15, -0.1) is 11.3 Å². The number of fused-ring (bicyclic) bond motifs is 1. The highest BCUT2D eigenvalue weighted by molar-refractivity contribution is 7.91. The van der Waals surface area contributed by atoms with Gasteiger partial charge in [-0.25, -0.2) is 8.42 Å². The van der Waals surface area contributed by atoms with Crippen LogP contribution in [0.15, 0.2) is 33.5 Å². The van der Waals surface area contributed by atoms with Crippen molar-refractivity contribution in [1.82, 2.24) is 8.87 Å². The largest absolute Gasteiger partial charge is 0.319 e. The Morgan fingerprint density at radius 2 is 1.93 bits per heavy atom. The molecule has 2 aromatic heterocycles. The summed E-state index contributed by atoms with van der Waals surface area (Å²) in [5, 5.41) is 0. The molecule has 1 unspecified atom stereocenters. The maximum Gasteiger partial charge on any atom is 0.252 e. The molecule has 3 heterocycles. The van der Waals surface area contributed by atoms with Gasteiger partial charge in [0.1, 0.15) is 4.21 Å². The summed E-state index contributed by atoms with van der Waals surface area (Å²) >= 11 is 8.42. The van der Waals surface area contributed by atoms with E-state index in [1.54, 1.807) is 6.07 Å². The van der Waals surface area contributed by atoms with Crippen molar-refractivity contribution in [3.05, 3.63) is 44.5 Å². The zero-order chi connectivity index (χ0) is 21.6. The summed E-state index contributed by atoms with van der Waals surface area (Å²) in [7, 11) is -1.75. The smallest absolute Gasteiger partial charge is 0.252 e. The number of benzene rings is 1. The first kappa shape index (κ1) is 21.7. The van der Waals surface area contributed by atoms with Crippen molar-refractivity contribution in [2.24, 2.45) is 18.0 Å². The highest BCUT2D eigenvalue weighted by Crippen LogP contribution is 2.31. The van der Waals surface area contributed by atoms with E-state index in [0.29, 0.717) is 28.5 Å². The molecule has 6 nitrogen and oxygen atoms in total. The quantitative estimate of drug-likeness (QED) is 0.563. The van der Waals surface area contributed by atoms with E-state index >= 15 is 0 Å².